The van der Waals surface area contributed by atoms with E-state index in [1.54, 1.807) is 11.6 Å². The van der Waals surface area contributed by atoms with E-state index in [2.05, 4.69) is 14.5 Å². The first-order valence-corrected chi connectivity index (χ1v) is 11.4. The predicted molar refractivity (Wildman–Crippen MR) is 116 cm³/mol. The Morgan fingerprint density at radius 1 is 1.37 bits per heavy atom. The molecule has 4 rings (SSSR count). The van der Waals surface area contributed by atoms with Crippen LogP contribution in [0.1, 0.15) is 49.9 Å². The average Bonchev–Trinajstić information content (AvgIpc) is 3.50. The zero-order valence-corrected chi connectivity index (χ0v) is 18.2. The summed E-state index contributed by atoms with van der Waals surface area (Å²) in [4.78, 5) is 17.3. The minimum atomic E-state index is -1.51. The second-order valence-corrected chi connectivity index (χ2v) is 8.95. The van der Waals surface area contributed by atoms with E-state index in [1.165, 1.54) is 29.2 Å². The molecule has 0 radical (unpaired) electrons. The molecular formula is C20H21ClFN5O2S. The zero-order valence-electron chi connectivity index (χ0n) is 16.6. The van der Waals surface area contributed by atoms with Crippen LogP contribution in [0.2, 0.25) is 5.02 Å². The number of aryl methyl sites for hydroxylation is 1. The highest BCUT2D eigenvalue weighted by molar-refractivity contribution is 7.83. The third kappa shape index (κ3) is 3.96. The van der Waals surface area contributed by atoms with E-state index in [0.29, 0.717) is 28.2 Å². The van der Waals surface area contributed by atoms with E-state index in [0.717, 1.165) is 25.7 Å². The van der Waals surface area contributed by atoms with Crippen LogP contribution in [0.25, 0.3) is 11.0 Å². The molecule has 1 unspecified atom stereocenters. The second kappa shape index (κ2) is 8.39. The van der Waals surface area contributed by atoms with Crippen molar-refractivity contribution in [3.63, 3.8) is 0 Å². The molecule has 1 aliphatic rings. The Labute approximate surface area is 180 Å². The highest BCUT2D eigenvalue weighted by atomic mass is 35.5. The van der Waals surface area contributed by atoms with Gasteiger partial charge in [0.15, 0.2) is 5.52 Å². The van der Waals surface area contributed by atoms with E-state index in [4.69, 9.17) is 11.6 Å². The van der Waals surface area contributed by atoms with Crippen molar-refractivity contribution in [2.45, 2.75) is 38.6 Å². The van der Waals surface area contributed by atoms with Crippen LogP contribution >= 0.6 is 11.6 Å². The van der Waals surface area contributed by atoms with Crippen LogP contribution in [0, 0.1) is 5.82 Å². The van der Waals surface area contributed by atoms with Crippen LogP contribution < -0.4 is 5.56 Å². The summed E-state index contributed by atoms with van der Waals surface area (Å²) in [6.45, 7) is 2.00. The van der Waals surface area contributed by atoms with Crippen molar-refractivity contribution >= 4 is 39.3 Å². The molecule has 1 aromatic carbocycles. The van der Waals surface area contributed by atoms with E-state index in [-0.39, 0.29) is 22.1 Å². The SMILES string of the molecule is CCCCS(=O)/N=C(\c1ccc(F)c(Cl)c1)c1c2ncn(C3CC3)c(=O)c2nn1C. The van der Waals surface area contributed by atoms with Gasteiger partial charge in [0.1, 0.15) is 33.7 Å². The molecule has 2 heterocycles. The van der Waals surface area contributed by atoms with Gasteiger partial charge in [0.05, 0.1) is 11.3 Å². The van der Waals surface area contributed by atoms with Gasteiger partial charge in [-0.25, -0.2) is 13.6 Å². The Hall–Kier alpha value is -2.39. The molecule has 2 aromatic heterocycles. The lowest BCUT2D eigenvalue weighted by Crippen LogP contribution is -2.19. The van der Waals surface area contributed by atoms with Gasteiger partial charge >= 0.3 is 0 Å². The number of halogens is 2. The van der Waals surface area contributed by atoms with Gasteiger partial charge in [0.2, 0.25) is 0 Å². The van der Waals surface area contributed by atoms with Crippen molar-refractivity contribution in [3.8, 4) is 0 Å². The largest absolute Gasteiger partial charge is 0.294 e. The minimum absolute atomic E-state index is 0.0740. The van der Waals surface area contributed by atoms with E-state index in [9.17, 15) is 13.4 Å². The number of fused-ring (bicyclic) bond motifs is 1. The van der Waals surface area contributed by atoms with Crippen molar-refractivity contribution in [2.24, 2.45) is 11.4 Å². The number of rotatable bonds is 7. The van der Waals surface area contributed by atoms with Crippen LogP contribution in [0.15, 0.2) is 33.7 Å². The second-order valence-electron chi connectivity index (χ2n) is 7.31. The van der Waals surface area contributed by atoms with Gasteiger partial charge in [-0.3, -0.25) is 14.0 Å². The molecule has 1 fully saturated rings. The molecule has 30 heavy (non-hydrogen) atoms. The summed E-state index contributed by atoms with van der Waals surface area (Å²) >= 11 is 5.99. The molecule has 10 heteroatoms. The molecule has 1 atom stereocenters. The fraction of sp³-hybridized carbons (Fsp3) is 0.400. The molecule has 0 amide bonds. The molecule has 0 aliphatic heterocycles. The third-order valence-corrected chi connectivity index (χ3v) is 6.31. The number of aromatic nitrogens is 4. The number of nitrogens with zero attached hydrogens (tertiary/aromatic N) is 5. The normalized spacial score (nSPS) is 15.7. The topological polar surface area (TPSA) is 82.1 Å². The lowest BCUT2D eigenvalue weighted by Gasteiger charge is -2.09. The summed E-state index contributed by atoms with van der Waals surface area (Å²) in [5.41, 5.74) is 1.61. The van der Waals surface area contributed by atoms with Gasteiger partial charge in [0, 0.05) is 24.4 Å². The van der Waals surface area contributed by atoms with Crippen LogP contribution in [0.4, 0.5) is 4.39 Å². The summed E-state index contributed by atoms with van der Waals surface area (Å²) in [5.74, 6) is -0.167. The Morgan fingerprint density at radius 2 is 2.13 bits per heavy atom. The molecule has 0 spiro atoms. The highest BCUT2D eigenvalue weighted by Gasteiger charge is 2.28. The van der Waals surface area contributed by atoms with Gasteiger partial charge in [-0.15, -0.1) is 0 Å². The lowest BCUT2D eigenvalue weighted by molar-refractivity contribution is 0.628. The summed E-state index contributed by atoms with van der Waals surface area (Å²) in [6, 6.07) is 4.34. The quantitative estimate of drug-likeness (QED) is 0.516. The first-order chi connectivity index (χ1) is 14.4. The fourth-order valence-electron chi connectivity index (χ4n) is 3.24. The average molecular weight is 450 g/mol. The van der Waals surface area contributed by atoms with Crippen molar-refractivity contribution < 1.29 is 8.60 Å². The highest BCUT2D eigenvalue weighted by Crippen LogP contribution is 2.33. The first-order valence-electron chi connectivity index (χ1n) is 9.77. The molecule has 0 bridgehead atoms. The lowest BCUT2D eigenvalue weighted by atomic mass is 10.1. The van der Waals surface area contributed by atoms with Crippen LogP contribution in [0.3, 0.4) is 0 Å². The molecule has 0 N–H and O–H groups in total. The maximum atomic E-state index is 13.7. The zero-order chi connectivity index (χ0) is 21.4. The predicted octanol–water partition coefficient (Wildman–Crippen LogP) is 3.56. The molecule has 3 aromatic rings. The van der Waals surface area contributed by atoms with Gasteiger partial charge in [0.25, 0.3) is 5.56 Å². The number of unbranched alkanes of at least 4 members (excludes halogenated alkanes) is 1. The summed E-state index contributed by atoms with van der Waals surface area (Å²) in [7, 11) is 0.168. The van der Waals surface area contributed by atoms with Crippen molar-refractivity contribution in [2.75, 3.05) is 5.75 Å². The monoisotopic (exact) mass is 449 g/mol. The van der Waals surface area contributed by atoms with Crippen molar-refractivity contribution in [3.05, 3.63) is 57.0 Å². The fourth-order valence-corrected chi connectivity index (χ4v) is 4.45. The first kappa shape index (κ1) is 20.9. The molecule has 158 valence electrons. The Morgan fingerprint density at radius 3 is 2.80 bits per heavy atom. The standard InChI is InChI=1S/C20H21ClFN5O2S/c1-3-4-9-30(29)25-16(12-5-8-15(22)14(21)10-12)19-17-18(24-26(19)2)20(28)27(11-23-17)13-6-7-13/h5,8,10-11,13H,3-4,6-7,9H2,1-2H3/b25-16+. The maximum Gasteiger partial charge on any atom is 0.282 e. The van der Waals surface area contributed by atoms with E-state index >= 15 is 0 Å². The van der Waals surface area contributed by atoms with Gasteiger partial charge in [-0.1, -0.05) is 24.9 Å². The van der Waals surface area contributed by atoms with Crippen LogP contribution in [0.5, 0.6) is 0 Å². The van der Waals surface area contributed by atoms with Gasteiger partial charge in [-0.05, 0) is 37.5 Å². The summed E-state index contributed by atoms with van der Waals surface area (Å²) in [6.07, 6.45) is 5.06. The summed E-state index contributed by atoms with van der Waals surface area (Å²) < 4.78 is 33.8. The van der Waals surface area contributed by atoms with Crippen molar-refractivity contribution in [1.29, 1.82) is 0 Å². The smallest absolute Gasteiger partial charge is 0.282 e. The van der Waals surface area contributed by atoms with Gasteiger partial charge in [-0.2, -0.15) is 9.50 Å². The maximum absolute atomic E-state index is 13.7. The van der Waals surface area contributed by atoms with E-state index in [1.807, 2.05) is 6.92 Å². The molecule has 1 saturated carbocycles. The third-order valence-electron chi connectivity index (χ3n) is 4.99. The minimum Gasteiger partial charge on any atom is -0.294 e. The van der Waals surface area contributed by atoms with Gasteiger partial charge < -0.3 is 0 Å². The van der Waals surface area contributed by atoms with Crippen molar-refractivity contribution in [1.82, 2.24) is 19.3 Å². The van der Waals surface area contributed by atoms with Crippen LogP contribution in [-0.4, -0.2) is 35.0 Å². The number of hydrogen-bond donors (Lipinski definition) is 0. The van der Waals surface area contributed by atoms with Crippen LogP contribution in [-0.2, 0) is 18.0 Å². The Bertz CT molecular complexity index is 1230. The number of benzene rings is 1. The molecule has 0 saturated heterocycles. The summed E-state index contributed by atoms with van der Waals surface area (Å²) in [5, 5.41) is 4.30. The number of hydrogen-bond acceptors (Lipinski definition) is 4. The molecule has 1 aliphatic carbocycles. The van der Waals surface area contributed by atoms with E-state index < -0.39 is 16.8 Å². The Balaban J connectivity index is 1.91. The molecular weight excluding hydrogens is 429 g/mol. The Kier molecular flexibility index (Phi) is 5.84. The molecule has 7 nitrogen and oxygen atoms in total.